The highest BCUT2D eigenvalue weighted by Crippen LogP contribution is 2.34. The van der Waals surface area contributed by atoms with Gasteiger partial charge < -0.3 is 10.1 Å². The van der Waals surface area contributed by atoms with Crippen LogP contribution in [0, 0.1) is 12.8 Å². The number of para-hydroxylation sites is 1. The first-order chi connectivity index (χ1) is 9.08. The van der Waals surface area contributed by atoms with Crippen LogP contribution in [-0.4, -0.2) is 12.6 Å². The average molecular weight is 261 g/mol. The van der Waals surface area contributed by atoms with Gasteiger partial charge in [-0.1, -0.05) is 32.0 Å². The van der Waals surface area contributed by atoms with E-state index in [1.54, 1.807) is 0 Å². The maximum absolute atomic E-state index is 5.93. The molecule has 1 aromatic carbocycles. The molecule has 2 atom stereocenters. The average Bonchev–Trinajstić information content (AvgIpc) is 2.52. The zero-order valence-electron chi connectivity index (χ0n) is 12.7. The fraction of sp³-hybridized carbons (Fsp3) is 0.647. The number of rotatable bonds is 4. The van der Waals surface area contributed by atoms with E-state index < -0.39 is 0 Å². The van der Waals surface area contributed by atoms with Gasteiger partial charge in [0, 0.05) is 17.6 Å². The molecule has 0 radical (unpaired) electrons. The summed E-state index contributed by atoms with van der Waals surface area (Å²) < 4.78 is 5.93. The van der Waals surface area contributed by atoms with Crippen LogP contribution in [0.2, 0.25) is 0 Å². The maximum Gasteiger partial charge on any atom is 0.126 e. The Morgan fingerprint density at radius 3 is 2.84 bits per heavy atom. The van der Waals surface area contributed by atoms with Crippen molar-refractivity contribution in [2.75, 3.05) is 6.61 Å². The van der Waals surface area contributed by atoms with Crippen LogP contribution in [0.15, 0.2) is 18.2 Å². The van der Waals surface area contributed by atoms with Gasteiger partial charge in [-0.05, 0) is 44.6 Å². The largest absolute Gasteiger partial charge is 0.493 e. The Labute approximate surface area is 117 Å². The Morgan fingerprint density at radius 2 is 2.11 bits per heavy atom. The highest BCUT2D eigenvalue weighted by atomic mass is 16.5. The molecule has 1 heterocycles. The number of benzene rings is 1. The number of fused-ring (bicyclic) bond motifs is 1. The van der Waals surface area contributed by atoms with E-state index in [9.17, 15) is 0 Å². The normalized spacial score (nSPS) is 20.6. The van der Waals surface area contributed by atoms with E-state index in [1.807, 2.05) is 0 Å². The van der Waals surface area contributed by atoms with E-state index in [4.69, 9.17) is 4.74 Å². The predicted molar refractivity (Wildman–Crippen MR) is 80.7 cm³/mol. The molecule has 0 saturated carbocycles. The second-order valence-corrected chi connectivity index (χ2v) is 6.23. The Morgan fingerprint density at radius 1 is 1.32 bits per heavy atom. The third kappa shape index (κ3) is 3.73. The first-order valence-corrected chi connectivity index (χ1v) is 7.56. The van der Waals surface area contributed by atoms with E-state index in [2.05, 4.69) is 51.2 Å². The van der Waals surface area contributed by atoms with Crippen molar-refractivity contribution in [1.82, 2.24) is 5.32 Å². The molecule has 2 heteroatoms. The minimum Gasteiger partial charge on any atom is -0.493 e. The van der Waals surface area contributed by atoms with Gasteiger partial charge in [0.15, 0.2) is 0 Å². The van der Waals surface area contributed by atoms with Crippen LogP contribution in [0.4, 0.5) is 0 Å². The molecule has 106 valence electrons. The zero-order valence-corrected chi connectivity index (χ0v) is 12.7. The topological polar surface area (TPSA) is 21.3 Å². The number of ether oxygens (including phenoxy) is 1. The number of aryl methyl sites for hydroxylation is 1. The van der Waals surface area contributed by atoms with Gasteiger partial charge >= 0.3 is 0 Å². The van der Waals surface area contributed by atoms with Crippen molar-refractivity contribution < 1.29 is 4.74 Å². The molecule has 2 unspecified atom stereocenters. The van der Waals surface area contributed by atoms with Gasteiger partial charge in [-0.2, -0.15) is 0 Å². The molecule has 19 heavy (non-hydrogen) atoms. The lowest BCUT2D eigenvalue weighted by Crippen LogP contribution is -2.31. The highest BCUT2D eigenvalue weighted by Gasteiger charge is 2.22. The first-order valence-electron chi connectivity index (χ1n) is 7.56. The van der Waals surface area contributed by atoms with Crippen LogP contribution in [0.3, 0.4) is 0 Å². The fourth-order valence-electron chi connectivity index (χ4n) is 3.06. The Bertz CT molecular complexity index is 414. The third-order valence-corrected chi connectivity index (χ3v) is 3.81. The number of hydrogen-bond acceptors (Lipinski definition) is 2. The van der Waals surface area contributed by atoms with Gasteiger partial charge in [-0.15, -0.1) is 0 Å². The van der Waals surface area contributed by atoms with Crippen molar-refractivity contribution in [3.8, 4) is 5.75 Å². The van der Waals surface area contributed by atoms with Crippen molar-refractivity contribution in [2.45, 2.75) is 59.0 Å². The molecule has 0 aromatic heterocycles. The van der Waals surface area contributed by atoms with Gasteiger partial charge in [-0.25, -0.2) is 0 Å². The molecule has 0 aliphatic carbocycles. The molecule has 0 amide bonds. The third-order valence-electron chi connectivity index (χ3n) is 3.81. The summed E-state index contributed by atoms with van der Waals surface area (Å²) in [5, 5.41) is 3.79. The molecular weight excluding hydrogens is 234 g/mol. The van der Waals surface area contributed by atoms with Crippen LogP contribution in [0.25, 0.3) is 0 Å². The van der Waals surface area contributed by atoms with Crippen LogP contribution in [0.1, 0.15) is 57.2 Å². The summed E-state index contributed by atoms with van der Waals surface area (Å²) in [7, 11) is 0. The van der Waals surface area contributed by atoms with Crippen LogP contribution in [0.5, 0.6) is 5.75 Å². The van der Waals surface area contributed by atoms with E-state index in [0.717, 1.165) is 24.7 Å². The minimum absolute atomic E-state index is 0.436. The van der Waals surface area contributed by atoms with Crippen molar-refractivity contribution in [3.63, 3.8) is 0 Å². The fourth-order valence-corrected chi connectivity index (χ4v) is 3.06. The summed E-state index contributed by atoms with van der Waals surface area (Å²) in [4.78, 5) is 0. The van der Waals surface area contributed by atoms with Gasteiger partial charge in [0.1, 0.15) is 5.75 Å². The molecule has 1 aliphatic rings. The lowest BCUT2D eigenvalue weighted by atomic mass is 9.97. The molecule has 2 nitrogen and oxygen atoms in total. The molecule has 0 saturated heterocycles. The van der Waals surface area contributed by atoms with Crippen molar-refractivity contribution in [3.05, 3.63) is 29.3 Å². The molecule has 0 fully saturated rings. The standard InChI is InChI=1S/C17H27NO/c1-12(2)11-14(4)18-16-9-6-10-19-17-13(3)7-5-8-15(16)17/h5,7-8,12,14,16,18H,6,9-11H2,1-4H3. The number of nitrogens with one attached hydrogen (secondary N) is 1. The lowest BCUT2D eigenvalue weighted by molar-refractivity contribution is 0.311. The second-order valence-electron chi connectivity index (χ2n) is 6.23. The van der Waals surface area contributed by atoms with E-state index in [-0.39, 0.29) is 0 Å². The summed E-state index contributed by atoms with van der Waals surface area (Å²) in [5.41, 5.74) is 2.59. The van der Waals surface area contributed by atoms with Crippen LogP contribution < -0.4 is 10.1 Å². The first kappa shape index (κ1) is 14.4. The lowest BCUT2D eigenvalue weighted by Gasteiger charge is -2.24. The molecule has 0 spiro atoms. The van der Waals surface area contributed by atoms with Gasteiger partial charge in [0.05, 0.1) is 6.61 Å². The zero-order chi connectivity index (χ0) is 13.8. The second kappa shape index (κ2) is 6.42. The van der Waals surface area contributed by atoms with Crippen molar-refractivity contribution in [2.24, 2.45) is 5.92 Å². The summed E-state index contributed by atoms with van der Waals surface area (Å²) >= 11 is 0. The van der Waals surface area contributed by atoms with E-state index in [0.29, 0.717) is 12.1 Å². The van der Waals surface area contributed by atoms with Gasteiger partial charge in [0.2, 0.25) is 0 Å². The molecule has 2 rings (SSSR count). The summed E-state index contributed by atoms with van der Waals surface area (Å²) in [5.74, 6) is 1.84. The van der Waals surface area contributed by atoms with Crippen molar-refractivity contribution in [1.29, 1.82) is 0 Å². The van der Waals surface area contributed by atoms with E-state index in [1.165, 1.54) is 24.0 Å². The molecule has 1 aliphatic heterocycles. The molecule has 0 bridgehead atoms. The minimum atomic E-state index is 0.436. The van der Waals surface area contributed by atoms with Crippen molar-refractivity contribution >= 4 is 0 Å². The smallest absolute Gasteiger partial charge is 0.126 e. The van der Waals surface area contributed by atoms with Crippen LogP contribution in [-0.2, 0) is 0 Å². The summed E-state index contributed by atoms with van der Waals surface area (Å²) in [6.07, 6.45) is 3.51. The Kier molecular flexibility index (Phi) is 4.87. The van der Waals surface area contributed by atoms with Gasteiger partial charge in [-0.3, -0.25) is 0 Å². The predicted octanol–water partition coefficient (Wildman–Crippen LogP) is 4.23. The van der Waals surface area contributed by atoms with E-state index >= 15 is 0 Å². The SMILES string of the molecule is Cc1cccc2c1OCCCC2NC(C)CC(C)C. The highest BCUT2D eigenvalue weighted by molar-refractivity contribution is 5.43. The van der Waals surface area contributed by atoms with Crippen LogP contribution >= 0.6 is 0 Å². The maximum atomic E-state index is 5.93. The monoisotopic (exact) mass is 261 g/mol. The quantitative estimate of drug-likeness (QED) is 0.875. The molecule has 1 aromatic rings. The Hall–Kier alpha value is -1.02. The molecule has 1 N–H and O–H groups in total. The Balaban J connectivity index is 2.15. The van der Waals surface area contributed by atoms with Gasteiger partial charge in [0.25, 0.3) is 0 Å². The summed E-state index contributed by atoms with van der Waals surface area (Å²) in [6, 6.07) is 7.49. The molecular formula is C17H27NO. The number of hydrogen-bond donors (Lipinski definition) is 1. The summed E-state index contributed by atoms with van der Waals surface area (Å²) in [6.45, 7) is 9.84.